The molecule has 0 saturated carbocycles. The molecule has 1 aromatic heterocycles. The Hall–Kier alpha value is -1.69. The second kappa shape index (κ2) is 3.81. The minimum Gasteiger partial charge on any atom is -0.320 e. The van der Waals surface area contributed by atoms with Gasteiger partial charge in [-0.15, -0.1) is 0 Å². The van der Waals surface area contributed by atoms with Gasteiger partial charge < -0.3 is 11.1 Å². The smallest absolute Gasteiger partial charge is 0.264 e. The third-order valence-electron chi connectivity index (χ3n) is 1.34. The van der Waals surface area contributed by atoms with Crippen LogP contribution in [0, 0.1) is 0 Å². The topological polar surface area (TPSA) is 101 Å². The molecular weight excluding hydrogens is 172 g/mol. The van der Waals surface area contributed by atoms with Crippen LogP contribution in [0.3, 0.4) is 0 Å². The number of nitrogens with zero attached hydrogens (tertiary/aromatic N) is 1. The first kappa shape index (κ1) is 9.40. The highest BCUT2D eigenvalue weighted by Gasteiger charge is 2.07. The van der Waals surface area contributed by atoms with Gasteiger partial charge in [0.05, 0.1) is 6.04 Å². The summed E-state index contributed by atoms with van der Waals surface area (Å²) in [6.45, 7) is 1.56. The van der Waals surface area contributed by atoms with Gasteiger partial charge in [-0.2, -0.15) is 5.10 Å². The monoisotopic (exact) mass is 182 g/mol. The Morgan fingerprint density at radius 1 is 1.69 bits per heavy atom. The normalized spacial score (nSPS) is 12.2. The summed E-state index contributed by atoms with van der Waals surface area (Å²) < 4.78 is 0. The Kier molecular flexibility index (Phi) is 2.76. The largest absolute Gasteiger partial charge is 0.320 e. The minimum absolute atomic E-state index is 0.280. The van der Waals surface area contributed by atoms with E-state index < -0.39 is 6.04 Å². The molecule has 0 aliphatic rings. The molecule has 0 saturated heterocycles. The van der Waals surface area contributed by atoms with Gasteiger partial charge in [-0.05, 0) is 13.0 Å². The van der Waals surface area contributed by atoms with E-state index in [1.807, 2.05) is 0 Å². The van der Waals surface area contributed by atoms with Crippen molar-refractivity contribution in [3.63, 3.8) is 0 Å². The first-order valence-corrected chi connectivity index (χ1v) is 3.72. The molecular formula is C7H10N4O2. The Morgan fingerprint density at radius 3 is 2.85 bits per heavy atom. The molecule has 6 nitrogen and oxygen atoms in total. The molecule has 0 bridgehead atoms. The van der Waals surface area contributed by atoms with Gasteiger partial charge >= 0.3 is 0 Å². The van der Waals surface area contributed by atoms with E-state index in [1.165, 1.54) is 12.1 Å². The fraction of sp³-hybridized carbons (Fsp3) is 0.286. The molecule has 13 heavy (non-hydrogen) atoms. The van der Waals surface area contributed by atoms with E-state index in [0.29, 0.717) is 0 Å². The predicted molar refractivity (Wildman–Crippen MR) is 47.1 cm³/mol. The van der Waals surface area contributed by atoms with Crippen LogP contribution < -0.4 is 16.6 Å². The summed E-state index contributed by atoms with van der Waals surface area (Å²) in [6, 6.07) is 2.07. The number of aromatic amines is 1. The van der Waals surface area contributed by atoms with Crippen LogP contribution in [-0.2, 0) is 4.79 Å². The molecule has 1 rings (SSSR count). The molecule has 0 aromatic carbocycles. The predicted octanol–water partition coefficient (Wildman–Crippen LogP) is -0.944. The van der Waals surface area contributed by atoms with Gasteiger partial charge in [0.2, 0.25) is 5.91 Å². The second-order valence-corrected chi connectivity index (χ2v) is 2.58. The molecule has 0 radical (unpaired) electrons. The number of hydrogen-bond acceptors (Lipinski definition) is 4. The van der Waals surface area contributed by atoms with E-state index in [-0.39, 0.29) is 17.3 Å². The molecule has 0 aliphatic heterocycles. The zero-order chi connectivity index (χ0) is 9.84. The number of carbonyl (C=O) groups excluding carboxylic acids is 1. The summed E-state index contributed by atoms with van der Waals surface area (Å²) in [5.74, 6) is -0.0681. The Balaban J connectivity index is 2.70. The van der Waals surface area contributed by atoms with Crippen molar-refractivity contribution in [1.29, 1.82) is 0 Å². The minimum atomic E-state index is -0.603. The molecule has 6 heteroatoms. The molecule has 4 N–H and O–H groups in total. The lowest BCUT2D eigenvalue weighted by molar-refractivity contribution is -0.117. The Labute approximate surface area is 74.1 Å². The molecule has 70 valence electrons. The van der Waals surface area contributed by atoms with Crippen LogP contribution >= 0.6 is 0 Å². The summed E-state index contributed by atoms with van der Waals surface area (Å²) in [7, 11) is 0. The number of nitrogens with two attached hydrogens (primary N) is 1. The number of amides is 1. The maximum absolute atomic E-state index is 11.0. The summed E-state index contributed by atoms with van der Waals surface area (Å²) in [6.07, 6.45) is 0. The molecule has 1 amide bonds. The van der Waals surface area contributed by atoms with Crippen molar-refractivity contribution in [3.05, 3.63) is 22.5 Å². The van der Waals surface area contributed by atoms with Crippen molar-refractivity contribution < 1.29 is 4.79 Å². The van der Waals surface area contributed by atoms with Crippen LogP contribution in [0.25, 0.3) is 0 Å². The van der Waals surface area contributed by atoms with Crippen LogP contribution in [0.1, 0.15) is 6.92 Å². The van der Waals surface area contributed by atoms with Gasteiger partial charge in [0.1, 0.15) is 0 Å². The van der Waals surface area contributed by atoms with E-state index in [2.05, 4.69) is 15.5 Å². The molecule has 1 aromatic rings. The van der Waals surface area contributed by atoms with E-state index >= 15 is 0 Å². The number of anilines is 1. The average Bonchev–Trinajstić information content (AvgIpc) is 2.08. The number of H-pyrrole nitrogens is 1. The Morgan fingerprint density at radius 2 is 2.38 bits per heavy atom. The maximum atomic E-state index is 11.0. The van der Waals surface area contributed by atoms with E-state index in [4.69, 9.17) is 5.73 Å². The number of rotatable bonds is 2. The van der Waals surface area contributed by atoms with Crippen molar-refractivity contribution in [2.24, 2.45) is 5.73 Å². The number of nitrogens with one attached hydrogen (secondary N) is 2. The summed E-state index contributed by atoms with van der Waals surface area (Å²) in [4.78, 5) is 21.6. The van der Waals surface area contributed by atoms with Gasteiger partial charge in [-0.25, -0.2) is 5.10 Å². The zero-order valence-corrected chi connectivity index (χ0v) is 7.07. The lowest BCUT2D eigenvalue weighted by Gasteiger charge is -2.05. The second-order valence-electron chi connectivity index (χ2n) is 2.58. The van der Waals surface area contributed by atoms with Crippen LogP contribution in [-0.4, -0.2) is 22.1 Å². The van der Waals surface area contributed by atoms with Crippen molar-refractivity contribution in [1.82, 2.24) is 10.2 Å². The Bertz CT molecular complexity index is 337. The standard InChI is InChI=1S/C7H10N4O2/c1-4(8)7(13)9-5-2-3-6(12)11-10-5/h2-4H,8H2,1H3,(H,11,12)(H,9,10,13)/t4-/m0/s1. The average molecular weight is 182 g/mol. The van der Waals surface area contributed by atoms with Gasteiger partial charge in [0.25, 0.3) is 5.56 Å². The fourth-order valence-corrected chi connectivity index (χ4v) is 0.654. The lowest BCUT2D eigenvalue weighted by Crippen LogP contribution is -2.33. The SMILES string of the molecule is C[C@H](N)C(=O)Nc1ccc(=O)[nH]n1. The van der Waals surface area contributed by atoms with E-state index in [0.717, 1.165) is 0 Å². The van der Waals surface area contributed by atoms with Gasteiger partial charge in [-0.3, -0.25) is 9.59 Å². The highest BCUT2D eigenvalue weighted by atomic mass is 16.2. The van der Waals surface area contributed by atoms with Gasteiger partial charge in [0.15, 0.2) is 5.82 Å². The molecule has 1 heterocycles. The molecule has 0 aliphatic carbocycles. The number of aromatic nitrogens is 2. The molecule has 0 unspecified atom stereocenters. The van der Waals surface area contributed by atoms with Crippen LogP contribution in [0.5, 0.6) is 0 Å². The maximum Gasteiger partial charge on any atom is 0.264 e. The van der Waals surface area contributed by atoms with Crippen LogP contribution in [0.4, 0.5) is 5.82 Å². The highest BCUT2D eigenvalue weighted by molar-refractivity contribution is 5.93. The zero-order valence-electron chi connectivity index (χ0n) is 7.07. The molecule has 0 spiro atoms. The third kappa shape index (κ3) is 2.68. The summed E-state index contributed by atoms with van der Waals surface area (Å²) in [5.41, 5.74) is 4.98. The van der Waals surface area contributed by atoms with Crippen molar-refractivity contribution in [2.45, 2.75) is 13.0 Å². The first-order valence-electron chi connectivity index (χ1n) is 3.72. The molecule has 1 atom stereocenters. The van der Waals surface area contributed by atoms with Crippen molar-refractivity contribution >= 4 is 11.7 Å². The van der Waals surface area contributed by atoms with Crippen LogP contribution in [0.2, 0.25) is 0 Å². The summed E-state index contributed by atoms with van der Waals surface area (Å²) >= 11 is 0. The first-order chi connectivity index (χ1) is 6.09. The number of hydrogen-bond donors (Lipinski definition) is 3. The van der Waals surface area contributed by atoms with Crippen molar-refractivity contribution in [2.75, 3.05) is 5.32 Å². The van der Waals surface area contributed by atoms with E-state index in [9.17, 15) is 9.59 Å². The number of carbonyl (C=O) groups is 1. The third-order valence-corrected chi connectivity index (χ3v) is 1.34. The fourth-order valence-electron chi connectivity index (χ4n) is 0.654. The van der Waals surface area contributed by atoms with Crippen molar-refractivity contribution in [3.8, 4) is 0 Å². The highest BCUT2D eigenvalue weighted by Crippen LogP contribution is 1.95. The van der Waals surface area contributed by atoms with Gasteiger partial charge in [-0.1, -0.05) is 0 Å². The van der Waals surface area contributed by atoms with Gasteiger partial charge in [0, 0.05) is 6.07 Å². The quantitative estimate of drug-likeness (QED) is 0.549. The lowest BCUT2D eigenvalue weighted by atomic mass is 10.3. The summed E-state index contributed by atoms with van der Waals surface area (Å²) in [5, 5.41) is 8.18. The molecule has 0 fully saturated rings. The van der Waals surface area contributed by atoms with E-state index in [1.54, 1.807) is 6.92 Å². The van der Waals surface area contributed by atoms with Crippen LogP contribution in [0.15, 0.2) is 16.9 Å².